The van der Waals surface area contributed by atoms with Crippen molar-refractivity contribution in [3.8, 4) is 0 Å². The standard InChI is InChI=1S/C6H4BNO2.2H2O/c7-5-1-3-6(4-2-5)8(9)10;;/h1-4H;2*1H2/q+2;;/p-2. The molecule has 1 rings (SSSR count). The maximum absolute atomic E-state index is 10.1. The molecule has 0 atom stereocenters. The van der Waals surface area contributed by atoms with Gasteiger partial charge in [-0.05, 0) is 0 Å². The van der Waals surface area contributed by atoms with E-state index >= 15 is 0 Å². The smallest absolute Gasteiger partial charge is 0.870 e. The average molecular weight is 167 g/mol. The van der Waals surface area contributed by atoms with Crippen molar-refractivity contribution in [2.45, 2.75) is 0 Å². The third kappa shape index (κ3) is 3.13. The molecule has 1 aromatic carbocycles. The van der Waals surface area contributed by atoms with Gasteiger partial charge in [-0.15, -0.1) is 0 Å². The normalized spacial score (nSPS) is 7.83. The fourth-order valence-corrected chi connectivity index (χ4v) is 0.596. The Kier molecular flexibility index (Phi) is 5.81. The van der Waals surface area contributed by atoms with Crippen LogP contribution in [0.1, 0.15) is 0 Å². The van der Waals surface area contributed by atoms with Crippen LogP contribution in [0.5, 0.6) is 0 Å². The van der Waals surface area contributed by atoms with Crippen LogP contribution in [-0.4, -0.2) is 23.7 Å². The fraction of sp³-hybridized carbons (Fsp3) is 0. The molecule has 0 aromatic heterocycles. The minimum atomic E-state index is -0.459. The molecule has 0 aliphatic heterocycles. The van der Waals surface area contributed by atoms with Crippen molar-refractivity contribution < 1.29 is 15.9 Å². The second-order valence-electron chi connectivity index (χ2n) is 1.85. The second-order valence-corrected chi connectivity index (χ2v) is 1.85. The first-order valence-electron chi connectivity index (χ1n) is 2.70. The van der Waals surface area contributed by atoms with E-state index in [1.54, 1.807) is 0 Å². The molecular formula is C6H6BNO4. The largest absolute Gasteiger partial charge is 0.870 e. The summed E-state index contributed by atoms with van der Waals surface area (Å²) < 4.78 is 0. The van der Waals surface area contributed by atoms with Crippen LogP contribution in [0.3, 0.4) is 0 Å². The molecule has 0 saturated heterocycles. The van der Waals surface area contributed by atoms with Crippen LogP contribution >= 0.6 is 0 Å². The molecule has 0 heterocycles. The minimum absolute atomic E-state index is 0. The van der Waals surface area contributed by atoms with Crippen molar-refractivity contribution in [3.05, 3.63) is 34.4 Å². The number of rotatable bonds is 1. The van der Waals surface area contributed by atoms with Crippen molar-refractivity contribution in [2.24, 2.45) is 0 Å². The molecule has 0 saturated carbocycles. The van der Waals surface area contributed by atoms with E-state index in [0.29, 0.717) is 5.46 Å². The zero-order valence-corrected chi connectivity index (χ0v) is 6.04. The summed E-state index contributed by atoms with van der Waals surface area (Å²) in [5.41, 5.74) is 0.597. The first-order chi connectivity index (χ1) is 4.70. The monoisotopic (exact) mass is 167 g/mol. The van der Waals surface area contributed by atoms with Gasteiger partial charge < -0.3 is 11.0 Å². The van der Waals surface area contributed by atoms with Gasteiger partial charge in [0.25, 0.3) is 0 Å². The van der Waals surface area contributed by atoms with Gasteiger partial charge in [-0.3, -0.25) is 0 Å². The predicted molar refractivity (Wildman–Crippen MR) is 42.4 cm³/mol. The molecule has 0 radical (unpaired) electrons. The topological polar surface area (TPSA) is 103 Å². The van der Waals surface area contributed by atoms with Crippen LogP contribution in [0.4, 0.5) is 5.69 Å². The van der Waals surface area contributed by atoms with Gasteiger partial charge in [0.15, 0.2) is 0 Å². The third-order valence-electron chi connectivity index (χ3n) is 1.10. The molecule has 0 spiro atoms. The zero-order valence-electron chi connectivity index (χ0n) is 6.04. The van der Waals surface area contributed by atoms with E-state index in [0.717, 1.165) is 0 Å². The Hall–Kier alpha value is -1.40. The number of non-ortho nitro benzene ring substituents is 1. The summed E-state index contributed by atoms with van der Waals surface area (Å²) in [6.07, 6.45) is 0. The van der Waals surface area contributed by atoms with Gasteiger partial charge in [0.2, 0.25) is 0 Å². The summed E-state index contributed by atoms with van der Waals surface area (Å²) in [7, 11) is 5.30. The number of nitrogens with zero attached hydrogens (tertiary/aromatic N) is 1. The average Bonchev–Trinajstić information content (AvgIpc) is 1.88. The molecule has 0 unspecified atom stereocenters. The van der Waals surface area contributed by atoms with E-state index < -0.39 is 4.92 Å². The molecule has 0 fully saturated rings. The van der Waals surface area contributed by atoms with E-state index in [1.165, 1.54) is 24.3 Å². The molecule has 2 N–H and O–H groups in total. The molecule has 0 bridgehead atoms. The molecule has 6 heteroatoms. The molecule has 0 aliphatic rings. The van der Waals surface area contributed by atoms with Gasteiger partial charge in [-0.25, -0.2) is 0 Å². The first-order valence-corrected chi connectivity index (χ1v) is 2.70. The van der Waals surface area contributed by atoms with Crippen LogP contribution in [0.2, 0.25) is 0 Å². The van der Waals surface area contributed by atoms with E-state index in [9.17, 15) is 10.1 Å². The summed E-state index contributed by atoms with van der Waals surface area (Å²) in [5, 5.41) is 10.1. The Morgan fingerprint density at radius 1 is 1.17 bits per heavy atom. The Labute approximate surface area is 70.2 Å². The van der Waals surface area contributed by atoms with Gasteiger partial charge in [0, 0.05) is 0 Å². The van der Waals surface area contributed by atoms with Crippen LogP contribution < -0.4 is 5.46 Å². The fourth-order valence-electron chi connectivity index (χ4n) is 0.596. The summed E-state index contributed by atoms with van der Waals surface area (Å²) in [4.78, 5) is 9.62. The first kappa shape index (κ1) is 13.2. The number of benzene rings is 1. The number of nitro groups is 1. The van der Waals surface area contributed by atoms with Crippen molar-refractivity contribution >= 4 is 19.0 Å². The number of hydrogen-bond acceptors (Lipinski definition) is 4. The zero-order chi connectivity index (χ0) is 7.56. The van der Waals surface area contributed by atoms with Crippen LogP contribution in [0.25, 0.3) is 0 Å². The van der Waals surface area contributed by atoms with Gasteiger partial charge in [0.05, 0.1) is 0 Å². The summed E-state index contributed by atoms with van der Waals surface area (Å²) >= 11 is 0. The van der Waals surface area contributed by atoms with E-state index in [4.69, 9.17) is 7.85 Å². The van der Waals surface area contributed by atoms with Crippen molar-refractivity contribution in [1.82, 2.24) is 0 Å². The molecule has 5 nitrogen and oxygen atoms in total. The maximum atomic E-state index is 10.1. The SMILES string of the molecule is [B+2]c1ccc([N+](=O)[O-])cc1.[OH-].[OH-]. The second kappa shape index (κ2) is 5.28. The van der Waals surface area contributed by atoms with E-state index in [-0.39, 0.29) is 16.6 Å². The summed E-state index contributed by atoms with van der Waals surface area (Å²) in [5.74, 6) is 0. The predicted octanol–water partition coefficient (Wildman–Crippen LogP) is 0.0350. The molecule has 0 amide bonds. The molecular weight excluding hydrogens is 161 g/mol. The third-order valence-corrected chi connectivity index (χ3v) is 1.10. The van der Waals surface area contributed by atoms with Crippen molar-refractivity contribution in [3.63, 3.8) is 0 Å². The van der Waals surface area contributed by atoms with Crippen LogP contribution in [-0.2, 0) is 0 Å². The van der Waals surface area contributed by atoms with Crippen LogP contribution in [0.15, 0.2) is 24.3 Å². The summed E-state index contributed by atoms with van der Waals surface area (Å²) in [6, 6.07) is 5.74. The minimum Gasteiger partial charge on any atom is -0.870 e. The van der Waals surface area contributed by atoms with Gasteiger partial charge in [-0.2, -0.15) is 0 Å². The van der Waals surface area contributed by atoms with E-state index in [1.807, 2.05) is 0 Å². The Morgan fingerprint density at radius 3 is 1.92 bits per heavy atom. The Bertz CT molecular complexity index is 248. The van der Waals surface area contributed by atoms with Crippen molar-refractivity contribution in [1.29, 1.82) is 0 Å². The van der Waals surface area contributed by atoms with Crippen molar-refractivity contribution in [2.75, 3.05) is 0 Å². The quantitative estimate of drug-likeness (QED) is 0.334. The molecule has 12 heavy (non-hydrogen) atoms. The molecule has 0 aliphatic carbocycles. The maximum Gasteiger partial charge on any atom is -0.870 e. The van der Waals surface area contributed by atoms with Crippen LogP contribution in [0, 0.1) is 10.1 Å². The number of nitro benzene ring substituents is 1. The summed E-state index contributed by atoms with van der Waals surface area (Å²) in [6.45, 7) is 0. The molecule has 1 aromatic rings. The van der Waals surface area contributed by atoms with Gasteiger partial charge >= 0.3 is 58.3 Å². The number of hydrogen-bond donors (Lipinski definition) is 0. The molecule has 62 valence electrons. The Morgan fingerprint density at radius 2 is 1.58 bits per heavy atom. The van der Waals surface area contributed by atoms with Gasteiger partial charge in [0.1, 0.15) is 0 Å². The van der Waals surface area contributed by atoms with Gasteiger partial charge in [-0.1, -0.05) is 0 Å². The Balaban J connectivity index is 0. The van der Waals surface area contributed by atoms with E-state index in [2.05, 4.69) is 0 Å².